The highest BCUT2D eigenvalue weighted by Crippen LogP contribution is 2.48. The van der Waals surface area contributed by atoms with Crippen LogP contribution in [0.5, 0.6) is 0 Å². The second-order valence-corrected chi connectivity index (χ2v) is 6.80. The summed E-state index contributed by atoms with van der Waals surface area (Å²) in [5.74, 6) is -1.18. The van der Waals surface area contributed by atoms with Gasteiger partial charge in [-0.3, -0.25) is 4.79 Å². The third-order valence-electron chi connectivity index (χ3n) is 4.42. The highest BCUT2D eigenvalue weighted by Gasteiger charge is 2.39. The maximum atomic E-state index is 12.9. The lowest BCUT2D eigenvalue weighted by Crippen LogP contribution is -2.26. The normalized spacial score (nSPS) is 19.2. The predicted molar refractivity (Wildman–Crippen MR) is 103 cm³/mol. The summed E-state index contributed by atoms with van der Waals surface area (Å²) in [6.45, 7) is 1.88. The second kappa shape index (κ2) is 7.40. The lowest BCUT2D eigenvalue weighted by molar-refractivity contribution is -0.138. The summed E-state index contributed by atoms with van der Waals surface area (Å²) >= 11 is 6.33. The standard InChI is InChI=1S/C18H20ClN5O3/c1-2-27-16(26)12-5-9(8-3-4-8)10-6-13(19)14(7-11(10)15(12)25)23-18(22)24-17(20)21/h5-9H,2-4H2,1H3,(H6,20,21,22,23,24). The maximum Gasteiger partial charge on any atom is 0.341 e. The van der Waals surface area contributed by atoms with Crippen LogP contribution < -0.4 is 17.2 Å². The van der Waals surface area contributed by atoms with Gasteiger partial charge in [-0.1, -0.05) is 17.7 Å². The molecule has 8 nitrogen and oxygen atoms in total. The third-order valence-corrected chi connectivity index (χ3v) is 4.72. The fourth-order valence-electron chi connectivity index (χ4n) is 3.12. The summed E-state index contributed by atoms with van der Waals surface area (Å²) in [4.78, 5) is 32.8. The number of guanidine groups is 2. The number of nitrogens with two attached hydrogens (primary N) is 3. The number of carbonyl (C=O) groups excluding carboxylic acids is 2. The Morgan fingerprint density at radius 2 is 2.00 bits per heavy atom. The number of benzene rings is 1. The molecule has 1 atom stereocenters. The predicted octanol–water partition coefficient (Wildman–Crippen LogP) is 1.74. The molecule has 9 heteroatoms. The third kappa shape index (κ3) is 3.95. The molecule has 0 heterocycles. The summed E-state index contributed by atoms with van der Waals surface area (Å²) in [5, 5.41) is 0.314. The molecule has 142 valence electrons. The molecular weight excluding hydrogens is 370 g/mol. The molecule has 0 aromatic heterocycles. The first-order valence-electron chi connectivity index (χ1n) is 8.52. The van der Waals surface area contributed by atoms with Gasteiger partial charge in [-0.05, 0) is 43.4 Å². The van der Waals surface area contributed by atoms with E-state index in [1.807, 2.05) is 0 Å². The molecule has 0 aliphatic heterocycles. The zero-order chi connectivity index (χ0) is 19.7. The van der Waals surface area contributed by atoms with Crippen molar-refractivity contribution >= 4 is 41.0 Å². The van der Waals surface area contributed by atoms with Gasteiger partial charge in [0.05, 0.1) is 17.3 Å². The van der Waals surface area contributed by atoms with Crippen molar-refractivity contribution in [3.63, 3.8) is 0 Å². The topological polar surface area (TPSA) is 146 Å². The molecule has 0 spiro atoms. The van der Waals surface area contributed by atoms with E-state index in [2.05, 4.69) is 9.98 Å². The van der Waals surface area contributed by atoms with Crippen LogP contribution in [0, 0.1) is 5.92 Å². The van der Waals surface area contributed by atoms with Crippen LogP contribution in [-0.4, -0.2) is 30.3 Å². The number of halogens is 1. The number of ketones is 1. The molecule has 1 aromatic rings. The van der Waals surface area contributed by atoms with E-state index in [1.165, 1.54) is 6.07 Å². The number of carbonyl (C=O) groups is 2. The fourth-order valence-corrected chi connectivity index (χ4v) is 3.34. The maximum absolute atomic E-state index is 12.9. The molecule has 6 N–H and O–H groups in total. The molecule has 1 saturated carbocycles. The van der Waals surface area contributed by atoms with E-state index in [4.69, 9.17) is 33.5 Å². The van der Waals surface area contributed by atoms with E-state index in [0.717, 1.165) is 18.4 Å². The Balaban J connectivity index is 2.08. The highest BCUT2D eigenvalue weighted by atomic mass is 35.5. The van der Waals surface area contributed by atoms with Gasteiger partial charge in [-0.2, -0.15) is 4.99 Å². The first kappa shape index (κ1) is 18.9. The number of ether oxygens (including phenoxy) is 1. The van der Waals surface area contributed by atoms with Gasteiger partial charge in [0, 0.05) is 11.5 Å². The Kier molecular flexibility index (Phi) is 5.18. The van der Waals surface area contributed by atoms with Crippen LogP contribution in [0.3, 0.4) is 0 Å². The molecule has 3 rings (SSSR count). The lowest BCUT2D eigenvalue weighted by atomic mass is 9.80. The number of aliphatic imine (C=N–C) groups is 2. The SMILES string of the molecule is CCOC(=O)C1=CC(C2CC2)c2cc(Cl)c(N=C(N)N=C(N)N)cc2C1=O. The molecule has 0 saturated heterocycles. The molecule has 27 heavy (non-hydrogen) atoms. The Morgan fingerprint density at radius 3 is 2.59 bits per heavy atom. The zero-order valence-corrected chi connectivity index (χ0v) is 15.5. The minimum absolute atomic E-state index is 0.0377. The van der Waals surface area contributed by atoms with Gasteiger partial charge >= 0.3 is 5.97 Å². The van der Waals surface area contributed by atoms with Gasteiger partial charge in [0.1, 0.15) is 5.57 Å². The van der Waals surface area contributed by atoms with Crippen molar-refractivity contribution in [3.05, 3.63) is 39.9 Å². The number of rotatable bonds is 4. The summed E-state index contributed by atoms with van der Waals surface area (Å²) in [6.07, 6.45) is 3.76. The van der Waals surface area contributed by atoms with Crippen molar-refractivity contribution < 1.29 is 14.3 Å². The highest BCUT2D eigenvalue weighted by molar-refractivity contribution is 6.34. The average molecular weight is 390 g/mol. The second-order valence-electron chi connectivity index (χ2n) is 6.39. The van der Waals surface area contributed by atoms with Crippen molar-refractivity contribution in [2.24, 2.45) is 33.1 Å². The van der Waals surface area contributed by atoms with E-state index >= 15 is 0 Å². The van der Waals surface area contributed by atoms with Crippen LogP contribution in [0.4, 0.5) is 5.69 Å². The Hall–Kier alpha value is -2.87. The van der Waals surface area contributed by atoms with E-state index in [-0.39, 0.29) is 35.7 Å². The molecule has 1 fully saturated rings. The van der Waals surface area contributed by atoms with E-state index in [0.29, 0.717) is 16.5 Å². The van der Waals surface area contributed by atoms with Crippen molar-refractivity contribution in [1.29, 1.82) is 0 Å². The Bertz CT molecular complexity index is 899. The summed E-state index contributed by atoms with van der Waals surface area (Å²) in [5.41, 5.74) is 17.6. The van der Waals surface area contributed by atoms with Gasteiger partial charge < -0.3 is 21.9 Å². The molecule has 1 unspecified atom stereocenters. The average Bonchev–Trinajstić information content (AvgIpc) is 3.41. The minimum Gasteiger partial charge on any atom is -0.462 e. The van der Waals surface area contributed by atoms with E-state index < -0.39 is 11.8 Å². The summed E-state index contributed by atoms with van der Waals surface area (Å²) in [6, 6.07) is 3.20. The van der Waals surface area contributed by atoms with Gasteiger partial charge in [0.15, 0.2) is 11.7 Å². The number of allylic oxidation sites excluding steroid dienone is 1. The number of esters is 1. The minimum atomic E-state index is -0.626. The quantitative estimate of drug-likeness (QED) is 0.309. The van der Waals surface area contributed by atoms with Crippen molar-refractivity contribution in [1.82, 2.24) is 0 Å². The molecular formula is C18H20ClN5O3. The van der Waals surface area contributed by atoms with Crippen LogP contribution in [0.1, 0.15) is 41.6 Å². The number of hydrogen-bond acceptors (Lipinski definition) is 4. The monoisotopic (exact) mass is 389 g/mol. The van der Waals surface area contributed by atoms with Gasteiger partial charge in [0.2, 0.25) is 5.96 Å². The van der Waals surface area contributed by atoms with Gasteiger partial charge in [0.25, 0.3) is 0 Å². The van der Waals surface area contributed by atoms with Gasteiger partial charge in [-0.15, -0.1) is 0 Å². The smallest absolute Gasteiger partial charge is 0.341 e. The molecule has 2 aliphatic carbocycles. The Labute approximate surface area is 161 Å². The number of fused-ring (bicyclic) bond motifs is 1. The van der Waals surface area contributed by atoms with Crippen molar-refractivity contribution in [2.75, 3.05) is 6.61 Å². The van der Waals surface area contributed by atoms with Gasteiger partial charge in [-0.25, -0.2) is 9.79 Å². The first-order chi connectivity index (χ1) is 12.8. The Morgan fingerprint density at radius 1 is 1.30 bits per heavy atom. The fraction of sp³-hybridized carbons (Fsp3) is 0.333. The van der Waals surface area contributed by atoms with Crippen LogP contribution in [0.25, 0.3) is 0 Å². The molecule has 0 radical (unpaired) electrons. The largest absolute Gasteiger partial charge is 0.462 e. The number of nitrogens with zero attached hydrogens (tertiary/aromatic N) is 2. The van der Waals surface area contributed by atoms with E-state index in [9.17, 15) is 9.59 Å². The van der Waals surface area contributed by atoms with Crippen LogP contribution in [0.2, 0.25) is 5.02 Å². The molecule has 0 bridgehead atoms. The van der Waals surface area contributed by atoms with Crippen LogP contribution in [-0.2, 0) is 9.53 Å². The van der Waals surface area contributed by atoms with Crippen molar-refractivity contribution in [2.45, 2.75) is 25.7 Å². The first-order valence-corrected chi connectivity index (χ1v) is 8.90. The van der Waals surface area contributed by atoms with Crippen LogP contribution >= 0.6 is 11.6 Å². The van der Waals surface area contributed by atoms with Crippen LogP contribution in [0.15, 0.2) is 33.8 Å². The molecule has 1 aromatic carbocycles. The molecule has 2 aliphatic rings. The number of hydrogen-bond donors (Lipinski definition) is 3. The molecule has 0 amide bonds. The number of Topliss-reactive ketones (excluding diaryl/α,β-unsaturated/α-hetero) is 1. The zero-order valence-electron chi connectivity index (χ0n) is 14.7. The van der Waals surface area contributed by atoms with Crippen molar-refractivity contribution in [3.8, 4) is 0 Å². The van der Waals surface area contributed by atoms with E-state index in [1.54, 1.807) is 19.1 Å². The summed E-state index contributed by atoms with van der Waals surface area (Å²) < 4.78 is 5.03. The lowest BCUT2D eigenvalue weighted by Gasteiger charge is -2.24. The summed E-state index contributed by atoms with van der Waals surface area (Å²) in [7, 11) is 0.